The molecule has 3 nitrogen and oxygen atoms in total. The molecule has 0 bridgehead atoms. The number of benzene rings is 5. The van der Waals surface area contributed by atoms with E-state index in [9.17, 15) is 0 Å². The molecular weight excluding hydrogens is 585 g/mol. The van der Waals surface area contributed by atoms with Gasteiger partial charge in [0.2, 0.25) is 5.89 Å². The molecule has 0 radical (unpaired) electrons. The lowest BCUT2D eigenvalue weighted by atomic mass is 9.81. The van der Waals surface area contributed by atoms with Crippen LogP contribution >= 0.6 is 0 Å². The molecule has 0 saturated heterocycles. The SMILES string of the molecule is CC(C)c1cc(C(C)C)c(-c2cccc(-c3cccc4oc(-c5ccccc5N=Cc5cccc(C(C)(C)C)c5)nc34)c2)c(C(C)C)c1. The first-order chi connectivity index (χ1) is 22.9. The zero-order chi connectivity index (χ0) is 34.2. The van der Waals surface area contributed by atoms with Crippen molar-refractivity contribution in [1.29, 1.82) is 0 Å². The van der Waals surface area contributed by atoms with Gasteiger partial charge >= 0.3 is 0 Å². The van der Waals surface area contributed by atoms with Crippen LogP contribution in [0, 0.1) is 0 Å². The number of rotatable bonds is 8. The summed E-state index contributed by atoms with van der Waals surface area (Å²) < 4.78 is 6.44. The van der Waals surface area contributed by atoms with E-state index in [2.05, 4.69) is 135 Å². The van der Waals surface area contributed by atoms with E-state index in [1.807, 2.05) is 36.5 Å². The van der Waals surface area contributed by atoms with Gasteiger partial charge in [-0.15, -0.1) is 0 Å². The fourth-order valence-electron chi connectivity index (χ4n) is 6.42. The van der Waals surface area contributed by atoms with E-state index in [1.165, 1.54) is 33.4 Å². The zero-order valence-electron chi connectivity index (χ0n) is 29.9. The minimum Gasteiger partial charge on any atom is -0.436 e. The molecule has 0 unspecified atom stereocenters. The van der Waals surface area contributed by atoms with Crippen LogP contribution in [0.5, 0.6) is 0 Å². The molecule has 6 rings (SSSR count). The summed E-state index contributed by atoms with van der Waals surface area (Å²) in [5, 5.41) is 0. The van der Waals surface area contributed by atoms with Gasteiger partial charge in [0.05, 0.1) is 11.3 Å². The number of hydrogen-bond donors (Lipinski definition) is 0. The van der Waals surface area contributed by atoms with Crippen molar-refractivity contribution in [1.82, 2.24) is 4.98 Å². The summed E-state index contributed by atoms with van der Waals surface area (Å²) in [5.41, 5.74) is 14.7. The van der Waals surface area contributed by atoms with Crippen molar-refractivity contribution in [3.63, 3.8) is 0 Å². The zero-order valence-corrected chi connectivity index (χ0v) is 29.9. The normalized spacial score (nSPS) is 12.3. The number of nitrogens with zero attached hydrogens (tertiary/aromatic N) is 2. The standard InChI is InChI=1S/C45H48N2O/c1-28(2)34-25-38(29(3)4)42(39(26-34)30(5)6)33-17-13-16-32(24-33)36-20-14-22-41-43(36)47-44(48-41)37-19-10-11-21-40(37)46-27-31-15-12-18-35(23-31)45(7,8)9/h10-30H,1-9H3. The van der Waals surface area contributed by atoms with Crippen LogP contribution in [0.25, 0.3) is 44.8 Å². The van der Waals surface area contributed by atoms with Crippen LogP contribution in [0.15, 0.2) is 113 Å². The Morgan fingerprint density at radius 3 is 1.98 bits per heavy atom. The highest BCUT2D eigenvalue weighted by Crippen LogP contribution is 2.41. The molecule has 0 atom stereocenters. The topological polar surface area (TPSA) is 38.4 Å². The van der Waals surface area contributed by atoms with E-state index in [4.69, 9.17) is 14.4 Å². The predicted molar refractivity (Wildman–Crippen MR) is 205 cm³/mol. The van der Waals surface area contributed by atoms with Crippen molar-refractivity contribution in [3.8, 4) is 33.7 Å². The van der Waals surface area contributed by atoms with Crippen LogP contribution in [0.3, 0.4) is 0 Å². The number of aromatic nitrogens is 1. The quantitative estimate of drug-likeness (QED) is 0.157. The van der Waals surface area contributed by atoms with Crippen LogP contribution in [-0.4, -0.2) is 11.2 Å². The Morgan fingerprint density at radius 2 is 1.29 bits per heavy atom. The van der Waals surface area contributed by atoms with Gasteiger partial charge in [0, 0.05) is 11.8 Å². The molecular formula is C45H48N2O. The predicted octanol–water partition coefficient (Wildman–Crippen LogP) is 13.2. The molecule has 244 valence electrons. The van der Waals surface area contributed by atoms with Gasteiger partial charge in [0.1, 0.15) is 5.52 Å². The lowest BCUT2D eigenvalue weighted by Gasteiger charge is -2.23. The maximum Gasteiger partial charge on any atom is 0.229 e. The second-order valence-corrected chi connectivity index (χ2v) is 14.9. The third-order valence-electron chi connectivity index (χ3n) is 9.25. The highest BCUT2D eigenvalue weighted by molar-refractivity contribution is 5.94. The molecule has 48 heavy (non-hydrogen) atoms. The van der Waals surface area contributed by atoms with Crippen molar-refractivity contribution < 1.29 is 4.42 Å². The molecule has 0 N–H and O–H groups in total. The Morgan fingerprint density at radius 1 is 0.646 bits per heavy atom. The maximum atomic E-state index is 6.44. The molecule has 0 aliphatic heterocycles. The number of hydrogen-bond acceptors (Lipinski definition) is 3. The van der Waals surface area contributed by atoms with Gasteiger partial charge in [0.25, 0.3) is 0 Å². The van der Waals surface area contributed by atoms with Gasteiger partial charge in [0.15, 0.2) is 5.58 Å². The lowest BCUT2D eigenvalue weighted by Crippen LogP contribution is -2.11. The van der Waals surface area contributed by atoms with Gasteiger partial charge < -0.3 is 4.42 Å². The van der Waals surface area contributed by atoms with Crippen molar-refractivity contribution in [2.24, 2.45) is 4.99 Å². The van der Waals surface area contributed by atoms with E-state index in [-0.39, 0.29) is 5.41 Å². The smallest absolute Gasteiger partial charge is 0.229 e. The van der Waals surface area contributed by atoms with Crippen LogP contribution in [0.1, 0.15) is 108 Å². The number of fused-ring (bicyclic) bond motifs is 1. The Hall–Kier alpha value is -4.76. The highest BCUT2D eigenvalue weighted by Gasteiger charge is 2.20. The Bertz CT molecular complexity index is 2070. The van der Waals surface area contributed by atoms with E-state index in [0.717, 1.165) is 39.0 Å². The van der Waals surface area contributed by atoms with E-state index in [0.29, 0.717) is 23.6 Å². The summed E-state index contributed by atoms with van der Waals surface area (Å²) in [7, 11) is 0. The van der Waals surface area contributed by atoms with Gasteiger partial charge in [-0.1, -0.05) is 135 Å². The van der Waals surface area contributed by atoms with Gasteiger partial charge in [-0.05, 0) is 98.0 Å². The molecule has 5 aromatic carbocycles. The molecule has 6 aromatic rings. The monoisotopic (exact) mass is 632 g/mol. The molecule has 0 fully saturated rings. The fourth-order valence-corrected chi connectivity index (χ4v) is 6.42. The Kier molecular flexibility index (Phi) is 9.25. The molecule has 3 heteroatoms. The molecule has 1 heterocycles. The van der Waals surface area contributed by atoms with Crippen molar-refractivity contribution >= 4 is 23.0 Å². The van der Waals surface area contributed by atoms with Gasteiger partial charge in [-0.25, -0.2) is 4.98 Å². The van der Waals surface area contributed by atoms with Crippen LogP contribution in [-0.2, 0) is 5.41 Å². The van der Waals surface area contributed by atoms with E-state index < -0.39 is 0 Å². The first-order valence-electron chi connectivity index (χ1n) is 17.3. The number of oxazole rings is 1. The summed E-state index contributed by atoms with van der Waals surface area (Å²) in [5.74, 6) is 1.87. The molecule has 0 amide bonds. The van der Waals surface area contributed by atoms with E-state index >= 15 is 0 Å². The average molecular weight is 633 g/mol. The van der Waals surface area contributed by atoms with Gasteiger partial charge in [-0.3, -0.25) is 4.99 Å². The minimum atomic E-state index is 0.0724. The van der Waals surface area contributed by atoms with Crippen LogP contribution in [0.4, 0.5) is 5.69 Å². The molecule has 0 spiro atoms. The fraction of sp³-hybridized carbons (Fsp3) is 0.289. The Balaban J connectivity index is 1.42. The van der Waals surface area contributed by atoms with Gasteiger partial charge in [-0.2, -0.15) is 0 Å². The number of para-hydroxylation sites is 2. The summed E-state index contributed by atoms with van der Waals surface area (Å²) in [6.07, 6.45) is 1.93. The largest absolute Gasteiger partial charge is 0.436 e. The summed E-state index contributed by atoms with van der Waals surface area (Å²) in [6.45, 7) is 20.5. The second kappa shape index (κ2) is 13.4. The maximum absolute atomic E-state index is 6.44. The highest BCUT2D eigenvalue weighted by atomic mass is 16.3. The third-order valence-corrected chi connectivity index (χ3v) is 9.25. The van der Waals surface area contributed by atoms with Crippen LogP contribution < -0.4 is 0 Å². The Labute approximate surface area is 286 Å². The minimum absolute atomic E-state index is 0.0724. The summed E-state index contributed by atoms with van der Waals surface area (Å²) in [4.78, 5) is 10.0. The van der Waals surface area contributed by atoms with Crippen molar-refractivity contribution in [3.05, 3.63) is 131 Å². The summed E-state index contributed by atoms with van der Waals surface area (Å²) >= 11 is 0. The molecule has 0 aliphatic carbocycles. The molecule has 1 aromatic heterocycles. The third kappa shape index (κ3) is 6.78. The molecule has 0 aliphatic rings. The number of aliphatic imine (C=N–C) groups is 1. The van der Waals surface area contributed by atoms with Crippen molar-refractivity contribution in [2.75, 3.05) is 0 Å². The van der Waals surface area contributed by atoms with Crippen molar-refractivity contribution in [2.45, 2.75) is 85.5 Å². The van der Waals surface area contributed by atoms with Crippen LogP contribution in [0.2, 0.25) is 0 Å². The molecule has 0 saturated carbocycles. The second-order valence-electron chi connectivity index (χ2n) is 14.9. The average Bonchev–Trinajstić information content (AvgIpc) is 3.51. The first kappa shape index (κ1) is 33.2. The first-order valence-corrected chi connectivity index (χ1v) is 17.3. The lowest BCUT2D eigenvalue weighted by molar-refractivity contribution is 0.590. The van der Waals surface area contributed by atoms with E-state index in [1.54, 1.807) is 0 Å². The summed E-state index contributed by atoms with van der Waals surface area (Å²) in [6, 6.07) is 36.6.